The molecular formula is C51H37N3O. The molecule has 55 heavy (non-hydrogen) atoms. The van der Waals surface area contributed by atoms with E-state index in [0.717, 1.165) is 82.1 Å². The number of rotatable bonds is 5. The molecule has 0 amide bonds. The molecule has 2 heterocycles. The number of furan rings is 1. The molecule has 6 aromatic carbocycles. The summed E-state index contributed by atoms with van der Waals surface area (Å²) in [5, 5.41) is 5.90. The first-order valence-corrected chi connectivity index (χ1v) is 19.4. The maximum atomic E-state index is 6.66. The first kappa shape index (κ1) is 31.8. The van der Waals surface area contributed by atoms with Gasteiger partial charge in [-0.15, -0.1) is 0 Å². The Labute approximate surface area is 319 Å². The lowest BCUT2D eigenvalue weighted by Crippen LogP contribution is -2.09. The van der Waals surface area contributed by atoms with E-state index in [9.17, 15) is 0 Å². The Morgan fingerprint density at radius 2 is 1.29 bits per heavy atom. The summed E-state index contributed by atoms with van der Waals surface area (Å²) in [5.41, 5.74) is 11.5. The summed E-state index contributed by atoms with van der Waals surface area (Å²) in [6, 6.07) is 43.4. The Morgan fingerprint density at radius 1 is 0.564 bits per heavy atom. The fraction of sp³-hybridized carbons (Fsp3) is 0.118. The Hall–Kier alpha value is -6.65. The highest BCUT2D eigenvalue weighted by Crippen LogP contribution is 2.41. The van der Waals surface area contributed by atoms with Crippen LogP contribution in [0.3, 0.4) is 0 Å². The largest absolute Gasteiger partial charge is 0.460 e. The van der Waals surface area contributed by atoms with Gasteiger partial charge >= 0.3 is 0 Å². The molecule has 0 aliphatic heterocycles. The van der Waals surface area contributed by atoms with Crippen LogP contribution in [0.25, 0.3) is 72.3 Å². The number of nitrogens with zero attached hydrogens (tertiary/aromatic N) is 3. The van der Waals surface area contributed by atoms with E-state index in [1.807, 2.05) is 0 Å². The highest BCUT2D eigenvalue weighted by molar-refractivity contribution is 5.99. The van der Waals surface area contributed by atoms with Crippen molar-refractivity contribution in [3.05, 3.63) is 191 Å². The third-order valence-corrected chi connectivity index (χ3v) is 11.6. The SMILES string of the molecule is C1=Cc2cccc(C3C=CC(c4nc(C5=CCCc6oc7cc(-c8ccc9ccccc9c8)ccc7c65)nc(-c5ccc6ccccc6c5)n4)=CC3)c2CC1. The highest BCUT2D eigenvalue weighted by atomic mass is 16.3. The molecule has 11 rings (SSSR count). The second-order valence-electron chi connectivity index (χ2n) is 14.9. The quantitative estimate of drug-likeness (QED) is 0.179. The Morgan fingerprint density at radius 3 is 2.11 bits per heavy atom. The summed E-state index contributed by atoms with van der Waals surface area (Å²) in [6.07, 6.45) is 18.5. The van der Waals surface area contributed by atoms with E-state index in [-0.39, 0.29) is 0 Å². The molecule has 2 aromatic heterocycles. The van der Waals surface area contributed by atoms with Crippen LogP contribution in [0.2, 0.25) is 0 Å². The highest BCUT2D eigenvalue weighted by Gasteiger charge is 2.26. The molecule has 3 aliphatic carbocycles. The van der Waals surface area contributed by atoms with Gasteiger partial charge in [0.15, 0.2) is 17.5 Å². The molecule has 4 nitrogen and oxygen atoms in total. The van der Waals surface area contributed by atoms with Gasteiger partial charge in [0.1, 0.15) is 11.3 Å². The molecule has 0 saturated heterocycles. The number of hydrogen-bond acceptors (Lipinski definition) is 4. The zero-order valence-corrected chi connectivity index (χ0v) is 30.4. The summed E-state index contributed by atoms with van der Waals surface area (Å²) in [7, 11) is 0. The lowest BCUT2D eigenvalue weighted by Gasteiger charge is -2.22. The second-order valence-corrected chi connectivity index (χ2v) is 14.9. The summed E-state index contributed by atoms with van der Waals surface area (Å²) in [4.78, 5) is 15.7. The van der Waals surface area contributed by atoms with Crippen LogP contribution in [0.15, 0.2) is 156 Å². The van der Waals surface area contributed by atoms with Crippen molar-refractivity contribution >= 4 is 49.7 Å². The average molecular weight is 708 g/mol. The summed E-state index contributed by atoms with van der Waals surface area (Å²) in [6.45, 7) is 0. The van der Waals surface area contributed by atoms with Crippen molar-refractivity contribution in [3.63, 3.8) is 0 Å². The van der Waals surface area contributed by atoms with Crippen LogP contribution in [0, 0.1) is 0 Å². The summed E-state index contributed by atoms with van der Waals surface area (Å²) < 4.78 is 6.66. The monoisotopic (exact) mass is 707 g/mol. The molecule has 0 fully saturated rings. The Kier molecular flexibility index (Phi) is 7.54. The molecule has 1 unspecified atom stereocenters. The van der Waals surface area contributed by atoms with Crippen molar-refractivity contribution in [3.8, 4) is 22.5 Å². The van der Waals surface area contributed by atoms with Crippen LogP contribution in [0.1, 0.15) is 64.8 Å². The van der Waals surface area contributed by atoms with Crippen molar-refractivity contribution in [2.24, 2.45) is 0 Å². The van der Waals surface area contributed by atoms with E-state index in [4.69, 9.17) is 19.4 Å². The van der Waals surface area contributed by atoms with Gasteiger partial charge in [-0.05, 0) is 99.3 Å². The molecule has 1 atom stereocenters. The van der Waals surface area contributed by atoms with E-state index in [2.05, 4.69) is 158 Å². The number of aryl methyl sites for hydroxylation is 1. The van der Waals surface area contributed by atoms with E-state index in [1.54, 1.807) is 0 Å². The smallest absolute Gasteiger partial charge is 0.164 e. The summed E-state index contributed by atoms with van der Waals surface area (Å²) in [5.74, 6) is 3.35. The van der Waals surface area contributed by atoms with Crippen LogP contribution in [0.5, 0.6) is 0 Å². The number of fused-ring (bicyclic) bond motifs is 6. The zero-order chi connectivity index (χ0) is 36.3. The van der Waals surface area contributed by atoms with Gasteiger partial charge in [-0.1, -0.05) is 134 Å². The number of hydrogen-bond donors (Lipinski definition) is 0. The van der Waals surface area contributed by atoms with Gasteiger partial charge in [0.2, 0.25) is 0 Å². The molecule has 0 N–H and O–H groups in total. The third-order valence-electron chi connectivity index (χ3n) is 11.6. The lowest BCUT2D eigenvalue weighted by molar-refractivity contribution is 0.545. The van der Waals surface area contributed by atoms with Gasteiger partial charge in [0.25, 0.3) is 0 Å². The van der Waals surface area contributed by atoms with Crippen LogP contribution in [-0.2, 0) is 12.8 Å². The van der Waals surface area contributed by atoms with Gasteiger partial charge in [-0.3, -0.25) is 0 Å². The molecular weight excluding hydrogens is 671 g/mol. The van der Waals surface area contributed by atoms with Gasteiger partial charge in [-0.2, -0.15) is 0 Å². The van der Waals surface area contributed by atoms with Crippen LogP contribution >= 0.6 is 0 Å². The first-order chi connectivity index (χ1) is 27.2. The predicted molar refractivity (Wildman–Crippen MR) is 226 cm³/mol. The number of aromatic nitrogens is 3. The van der Waals surface area contributed by atoms with Gasteiger partial charge < -0.3 is 4.42 Å². The predicted octanol–water partition coefficient (Wildman–Crippen LogP) is 12.7. The minimum Gasteiger partial charge on any atom is -0.460 e. The van der Waals surface area contributed by atoms with Crippen molar-refractivity contribution in [1.29, 1.82) is 0 Å². The van der Waals surface area contributed by atoms with Gasteiger partial charge in [-0.25, -0.2) is 15.0 Å². The topological polar surface area (TPSA) is 51.8 Å². The molecule has 0 spiro atoms. The minimum atomic E-state index is 0.326. The third kappa shape index (κ3) is 5.64. The van der Waals surface area contributed by atoms with Crippen LogP contribution < -0.4 is 0 Å². The molecule has 8 aromatic rings. The molecule has 0 radical (unpaired) electrons. The van der Waals surface area contributed by atoms with E-state index in [0.29, 0.717) is 23.4 Å². The molecule has 262 valence electrons. The van der Waals surface area contributed by atoms with Crippen molar-refractivity contribution < 1.29 is 4.42 Å². The lowest BCUT2D eigenvalue weighted by atomic mass is 9.83. The zero-order valence-electron chi connectivity index (χ0n) is 30.4. The molecule has 0 saturated carbocycles. The average Bonchev–Trinajstić information content (AvgIpc) is 3.64. The van der Waals surface area contributed by atoms with E-state index in [1.165, 1.54) is 38.4 Å². The number of benzene rings is 6. The molecule has 4 heteroatoms. The Bertz CT molecular complexity index is 2980. The van der Waals surface area contributed by atoms with Crippen molar-refractivity contribution in [2.75, 3.05) is 0 Å². The normalized spacial score (nSPS) is 16.3. The van der Waals surface area contributed by atoms with E-state index < -0.39 is 0 Å². The molecule has 0 bridgehead atoms. The fourth-order valence-electron chi connectivity index (χ4n) is 8.77. The summed E-state index contributed by atoms with van der Waals surface area (Å²) >= 11 is 0. The van der Waals surface area contributed by atoms with Gasteiger partial charge in [0, 0.05) is 40.0 Å². The van der Waals surface area contributed by atoms with E-state index >= 15 is 0 Å². The fourth-order valence-corrected chi connectivity index (χ4v) is 8.77. The van der Waals surface area contributed by atoms with Crippen molar-refractivity contribution in [2.45, 2.75) is 38.0 Å². The Balaban J connectivity index is 1.00. The first-order valence-electron chi connectivity index (χ1n) is 19.4. The standard InChI is InChI=1S/C51H37N3O/c1-3-12-37-29-39(25-19-32(37)9-1)40-27-28-44-47(31-40)55-46-18-8-17-45(48(44)46)51-53-49(52-50(54-51)41-26-20-33-10-2-4-13-38(33)30-41)36-23-21-35(22-24-36)43-16-7-14-34-11-5-6-15-42(34)43/h1-5,7,9-14,16-17,19-21,23-31,35H,6,8,15,18,22H2. The maximum absolute atomic E-state index is 6.66. The van der Waals surface area contributed by atoms with Crippen LogP contribution in [-0.4, -0.2) is 15.0 Å². The van der Waals surface area contributed by atoms with Gasteiger partial charge in [0.05, 0.1) is 0 Å². The van der Waals surface area contributed by atoms with Crippen LogP contribution in [0.4, 0.5) is 0 Å². The molecule has 3 aliphatic rings. The number of allylic oxidation sites excluding steroid dienone is 6. The second kappa shape index (κ2) is 13.0. The van der Waals surface area contributed by atoms with Crippen molar-refractivity contribution in [1.82, 2.24) is 15.0 Å². The minimum absolute atomic E-state index is 0.326. The maximum Gasteiger partial charge on any atom is 0.164 e.